The Morgan fingerprint density at radius 2 is 1.82 bits per heavy atom. The van der Waals surface area contributed by atoms with Gasteiger partial charge in [-0.1, -0.05) is 12.1 Å². The van der Waals surface area contributed by atoms with Gasteiger partial charge in [0.15, 0.2) is 6.20 Å². The lowest BCUT2D eigenvalue weighted by Gasteiger charge is -1.93. The third-order valence-corrected chi connectivity index (χ3v) is 2.69. The molecule has 17 heavy (non-hydrogen) atoms. The molecule has 0 unspecified atom stereocenters. The number of para-hydroxylation sites is 2. The van der Waals surface area contributed by atoms with Crippen LogP contribution in [-0.4, -0.2) is 9.97 Å². The quantitative estimate of drug-likeness (QED) is 0.451. The Balaban J connectivity index is 0.00000108. The topological polar surface area (TPSA) is 32.6 Å². The van der Waals surface area contributed by atoms with Crippen LogP contribution in [0.5, 0.6) is 0 Å². The molecule has 0 aliphatic heterocycles. The highest BCUT2D eigenvalue weighted by molar-refractivity contribution is 5.78. The molecule has 2 heterocycles. The van der Waals surface area contributed by atoms with Crippen LogP contribution in [0.25, 0.3) is 22.6 Å². The highest BCUT2D eigenvalue weighted by Crippen LogP contribution is 2.16. The summed E-state index contributed by atoms with van der Waals surface area (Å²) < 4.78 is 2.05. The van der Waals surface area contributed by atoms with Gasteiger partial charge in [-0.25, -0.2) is 4.98 Å². The van der Waals surface area contributed by atoms with Crippen LogP contribution in [0.1, 0.15) is 0 Å². The summed E-state index contributed by atoms with van der Waals surface area (Å²) in [6.07, 6.45) is 2.02. The maximum Gasteiger partial charge on any atom is 0.248 e. The van der Waals surface area contributed by atoms with E-state index in [-0.39, 0.29) is 24.0 Å². The van der Waals surface area contributed by atoms with Gasteiger partial charge < -0.3 is 29.0 Å². The maximum atomic E-state index is 4.57. The number of nitrogens with one attached hydrogen (secondary N) is 1. The van der Waals surface area contributed by atoms with E-state index in [0.29, 0.717) is 0 Å². The van der Waals surface area contributed by atoms with Crippen molar-refractivity contribution in [3.8, 4) is 11.5 Å². The van der Waals surface area contributed by atoms with E-state index in [9.17, 15) is 0 Å². The minimum Gasteiger partial charge on any atom is -1.00 e. The normalized spacial score (nSPS) is 10.2. The molecule has 0 fully saturated rings. The number of aryl methyl sites for hydroxylation is 1. The zero-order chi connectivity index (χ0) is 11.0. The third kappa shape index (κ3) is 2.17. The number of H-pyrrole nitrogens is 1. The van der Waals surface area contributed by atoms with E-state index in [1.54, 1.807) is 0 Å². The van der Waals surface area contributed by atoms with Crippen molar-refractivity contribution in [3.05, 3.63) is 48.7 Å². The molecular weight excluding hydrogens is 325 g/mol. The molecule has 0 saturated carbocycles. The van der Waals surface area contributed by atoms with Crippen molar-refractivity contribution in [2.45, 2.75) is 0 Å². The first-order chi connectivity index (χ1) is 7.84. The lowest BCUT2D eigenvalue weighted by molar-refractivity contribution is -0.660. The number of halogens is 1. The van der Waals surface area contributed by atoms with Gasteiger partial charge >= 0.3 is 0 Å². The molecule has 0 amide bonds. The number of imidazole rings is 1. The molecule has 3 rings (SSSR count). The van der Waals surface area contributed by atoms with E-state index < -0.39 is 0 Å². The molecule has 2 aromatic heterocycles. The first kappa shape index (κ1) is 12.0. The summed E-state index contributed by atoms with van der Waals surface area (Å²) in [5, 5.41) is 0. The van der Waals surface area contributed by atoms with E-state index in [0.717, 1.165) is 22.6 Å². The molecule has 86 valence electrons. The summed E-state index contributed by atoms with van der Waals surface area (Å²) in [4.78, 5) is 7.89. The molecule has 3 nitrogen and oxygen atoms in total. The van der Waals surface area contributed by atoms with Gasteiger partial charge in [-0.3, -0.25) is 0 Å². The fourth-order valence-corrected chi connectivity index (χ4v) is 1.84. The zero-order valence-electron chi connectivity index (χ0n) is 9.39. The largest absolute Gasteiger partial charge is 1.00 e. The monoisotopic (exact) mass is 337 g/mol. The molecule has 0 spiro atoms. The van der Waals surface area contributed by atoms with Crippen molar-refractivity contribution in [2.24, 2.45) is 7.05 Å². The second kappa shape index (κ2) is 4.83. The third-order valence-electron chi connectivity index (χ3n) is 2.69. The van der Waals surface area contributed by atoms with E-state index in [1.807, 2.05) is 49.6 Å². The lowest BCUT2D eigenvalue weighted by atomic mass is 10.3. The second-order valence-corrected chi connectivity index (χ2v) is 3.80. The number of hydrogen-bond donors (Lipinski definition) is 1. The van der Waals surface area contributed by atoms with Gasteiger partial charge in [0.2, 0.25) is 11.5 Å². The van der Waals surface area contributed by atoms with Gasteiger partial charge in [0.1, 0.15) is 7.05 Å². The number of hydrogen-bond acceptors (Lipinski definition) is 1. The van der Waals surface area contributed by atoms with Gasteiger partial charge in [-0.2, -0.15) is 4.57 Å². The summed E-state index contributed by atoms with van der Waals surface area (Å²) >= 11 is 0. The van der Waals surface area contributed by atoms with Crippen LogP contribution in [0.2, 0.25) is 0 Å². The standard InChI is InChI=1S/C13H11N3.HI/c1-16-9-5-4-8-12(16)13-14-10-6-2-3-7-11(10)15-13;/h2-9H,1H3;1H. The molecule has 1 N–H and O–H groups in total. The van der Waals surface area contributed by atoms with Crippen molar-refractivity contribution >= 4 is 11.0 Å². The average Bonchev–Trinajstić information content (AvgIpc) is 2.73. The Morgan fingerprint density at radius 1 is 1.06 bits per heavy atom. The smallest absolute Gasteiger partial charge is 0.248 e. The first-order valence-corrected chi connectivity index (χ1v) is 5.24. The predicted molar refractivity (Wildman–Crippen MR) is 62.7 cm³/mol. The molecule has 0 atom stereocenters. The summed E-state index contributed by atoms with van der Waals surface area (Å²) in [5.74, 6) is 0.907. The van der Waals surface area contributed by atoms with Crippen LogP contribution in [-0.2, 0) is 7.05 Å². The Labute approximate surface area is 117 Å². The van der Waals surface area contributed by atoms with E-state index in [2.05, 4.69) is 20.6 Å². The minimum atomic E-state index is 0. The number of aromatic nitrogens is 3. The molecule has 3 aromatic rings. The van der Waals surface area contributed by atoms with Crippen LogP contribution in [0.3, 0.4) is 0 Å². The second-order valence-electron chi connectivity index (χ2n) is 3.80. The van der Waals surface area contributed by atoms with E-state index in [1.165, 1.54) is 0 Å². The van der Waals surface area contributed by atoms with Crippen LogP contribution >= 0.6 is 0 Å². The SMILES string of the molecule is C[n+]1ccccc1-c1nc2ccccc2[nH]1.[I-]. The fourth-order valence-electron chi connectivity index (χ4n) is 1.84. The van der Waals surface area contributed by atoms with Crippen LogP contribution in [0.15, 0.2) is 48.7 Å². The average molecular weight is 337 g/mol. The van der Waals surface area contributed by atoms with Crippen LogP contribution in [0.4, 0.5) is 0 Å². The lowest BCUT2D eigenvalue weighted by Crippen LogP contribution is -3.00. The number of pyridine rings is 1. The molecule has 0 aliphatic rings. The molecule has 0 bridgehead atoms. The Hall–Kier alpha value is -1.43. The van der Waals surface area contributed by atoms with Crippen molar-refractivity contribution in [2.75, 3.05) is 0 Å². The fraction of sp³-hybridized carbons (Fsp3) is 0.0769. The Kier molecular flexibility index (Phi) is 3.42. The summed E-state index contributed by atoms with van der Waals surface area (Å²) in [6.45, 7) is 0. The van der Waals surface area contributed by atoms with Gasteiger partial charge in [0, 0.05) is 12.1 Å². The Bertz CT molecular complexity index is 613. The molecule has 1 aromatic carbocycles. The van der Waals surface area contributed by atoms with Crippen molar-refractivity contribution in [1.29, 1.82) is 0 Å². The summed E-state index contributed by atoms with van der Waals surface area (Å²) in [5.41, 5.74) is 3.15. The maximum absolute atomic E-state index is 4.57. The highest BCUT2D eigenvalue weighted by Gasteiger charge is 2.12. The number of fused-ring (bicyclic) bond motifs is 1. The molecule has 4 heteroatoms. The summed E-state index contributed by atoms with van der Waals surface area (Å²) in [7, 11) is 2.02. The molecule has 0 aliphatic carbocycles. The molecular formula is C13H12IN3. The molecule has 0 radical (unpaired) electrons. The Morgan fingerprint density at radius 3 is 2.59 bits per heavy atom. The highest BCUT2D eigenvalue weighted by atomic mass is 127. The first-order valence-electron chi connectivity index (χ1n) is 5.24. The number of benzene rings is 1. The summed E-state index contributed by atoms with van der Waals surface area (Å²) in [6, 6.07) is 14.1. The van der Waals surface area contributed by atoms with E-state index >= 15 is 0 Å². The number of aromatic amines is 1. The van der Waals surface area contributed by atoms with Crippen molar-refractivity contribution in [3.63, 3.8) is 0 Å². The van der Waals surface area contributed by atoms with Gasteiger partial charge in [0.05, 0.1) is 11.0 Å². The van der Waals surface area contributed by atoms with Gasteiger partial charge in [-0.15, -0.1) is 0 Å². The van der Waals surface area contributed by atoms with Gasteiger partial charge in [0.25, 0.3) is 0 Å². The molecule has 0 saturated heterocycles. The van der Waals surface area contributed by atoms with Crippen LogP contribution < -0.4 is 28.5 Å². The van der Waals surface area contributed by atoms with E-state index in [4.69, 9.17) is 0 Å². The number of nitrogens with zero attached hydrogens (tertiary/aromatic N) is 2. The van der Waals surface area contributed by atoms with Crippen molar-refractivity contribution in [1.82, 2.24) is 9.97 Å². The minimum absolute atomic E-state index is 0. The van der Waals surface area contributed by atoms with Gasteiger partial charge in [-0.05, 0) is 18.2 Å². The van der Waals surface area contributed by atoms with Crippen molar-refractivity contribution < 1.29 is 28.5 Å². The van der Waals surface area contributed by atoms with Crippen LogP contribution in [0, 0.1) is 0 Å². The predicted octanol–water partition coefficient (Wildman–Crippen LogP) is -0.942. The number of rotatable bonds is 1. The zero-order valence-corrected chi connectivity index (χ0v) is 11.5.